The summed E-state index contributed by atoms with van der Waals surface area (Å²) in [6.45, 7) is 5.72. The molecule has 1 unspecified atom stereocenters. The number of Topliss-reactive ketones (excluding diaryl/α,β-unsaturated/α-hetero) is 1. The van der Waals surface area contributed by atoms with Crippen LogP contribution in [-0.2, 0) is 9.53 Å². The van der Waals surface area contributed by atoms with Gasteiger partial charge in [-0.2, -0.15) is 0 Å². The van der Waals surface area contributed by atoms with Gasteiger partial charge >= 0.3 is 0 Å². The number of fused-ring (bicyclic) bond motifs is 1. The lowest BCUT2D eigenvalue weighted by Crippen LogP contribution is -2.47. The maximum atomic E-state index is 13.3. The summed E-state index contributed by atoms with van der Waals surface area (Å²) in [5.74, 6) is -0.216. The number of quaternary nitrogens is 1. The predicted octanol–water partition coefficient (Wildman–Crippen LogP) is 3.28. The van der Waals surface area contributed by atoms with Crippen molar-refractivity contribution in [3.63, 3.8) is 0 Å². The minimum atomic E-state index is -0.265. The number of likely N-dealkylation sites (N-methyl/N-ethyl adjacent to an activating group) is 1. The van der Waals surface area contributed by atoms with Crippen LogP contribution < -0.4 is 0 Å². The van der Waals surface area contributed by atoms with Crippen molar-refractivity contribution in [1.82, 2.24) is 0 Å². The molecule has 1 saturated heterocycles. The molecule has 0 bridgehead atoms. The quantitative estimate of drug-likeness (QED) is 0.801. The highest BCUT2D eigenvalue weighted by Gasteiger charge is 2.47. The molecule has 0 aromatic heterocycles. The average Bonchev–Trinajstić information content (AvgIpc) is 2.76. The molecule has 2 aliphatic rings. The molecular weight excluding hydrogens is 281 g/mol. The first-order chi connectivity index (χ1) is 10.5. The molecule has 22 heavy (non-hydrogen) atoms. The second kappa shape index (κ2) is 5.45. The number of hydrogen-bond donors (Lipinski definition) is 0. The van der Waals surface area contributed by atoms with Gasteiger partial charge < -0.3 is 4.74 Å². The van der Waals surface area contributed by atoms with E-state index < -0.39 is 0 Å². The van der Waals surface area contributed by atoms with Gasteiger partial charge in [-0.25, -0.2) is 4.39 Å². The summed E-state index contributed by atoms with van der Waals surface area (Å²) in [5, 5.41) is 0. The smallest absolute Gasteiger partial charge is 0.166 e. The first-order valence-corrected chi connectivity index (χ1v) is 7.67. The van der Waals surface area contributed by atoms with E-state index in [0.29, 0.717) is 17.7 Å². The van der Waals surface area contributed by atoms with E-state index in [0.717, 1.165) is 35.4 Å². The van der Waals surface area contributed by atoms with Crippen molar-refractivity contribution in [2.24, 2.45) is 0 Å². The molecule has 1 aromatic rings. The predicted molar refractivity (Wildman–Crippen MR) is 83.2 cm³/mol. The van der Waals surface area contributed by atoms with Gasteiger partial charge in [0.2, 0.25) is 0 Å². The minimum Gasteiger partial charge on any atom is -0.365 e. The number of halogens is 1. The van der Waals surface area contributed by atoms with Crippen LogP contribution >= 0.6 is 0 Å². The van der Waals surface area contributed by atoms with Crippen molar-refractivity contribution >= 4 is 11.4 Å². The van der Waals surface area contributed by atoms with Crippen LogP contribution in [0, 0.1) is 5.82 Å². The Labute approximate surface area is 130 Å². The Morgan fingerprint density at radius 1 is 1.32 bits per heavy atom. The number of carbonyl (C=O) groups is 1. The molecule has 4 heteroatoms. The number of ether oxygens (including phenoxy) is 1. The summed E-state index contributed by atoms with van der Waals surface area (Å²) in [6, 6.07) is 6.42. The first kappa shape index (κ1) is 15.1. The van der Waals surface area contributed by atoms with Crippen LogP contribution in [0.4, 0.5) is 4.39 Å². The molecule has 2 aliphatic heterocycles. The Bertz CT molecular complexity index is 688. The summed E-state index contributed by atoms with van der Waals surface area (Å²) in [7, 11) is 2.15. The standard InChI is InChI=1S/C18H21FNO2/c1-4-15-18(13-5-7-14(19)8-6-13)17(12(2)21)16-11-22-10-9-20(15,16)3/h5-8H,4,9-11H2,1-3H3/q+1. The second-order valence-corrected chi connectivity index (χ2v) is 6.03. The summed E-state index contributed by atoms with van der Waals surface area (Å²) in [5.41, 5.74) is 4.89. The number of nitrogens with zero attached hydrogens (tertiary/aromatic N) is 1. The van der Waals surface area contributed by atoms with Gasteiger partial charge in [0.1, 0.15) is 24.7 Å². The van der Waals surface area contributed by atoms with Crippen LogP contribution in [0.2, 0.25) is 0 Å². The molecule has 0 spiro atoms. The number of morpholine rings is 1. The summed E-state index contributed by atoms with van der Waals surface area (Å²) in [6.07, 6.45) is 0.851. The molecule has 116 valence electrons. The van der Waals surface area contributed by atoms with E-state index in [2.05, 4.69) is 14.0 Å². The molecule has 1 aromatic carbocycles. The first-order valence-electron chi connectivity index (χ1n) is 7.67. The maximum Gasteiger partial charge on any atom is 0.166 e. The third-order valence-corrected chi connectivity index (χ3v) is 4.76. The van der Waals surface area contributed by atoms with Gasteiger partial charge in [0, 0.05) is 6.42 Å². The van der Waals surface area contributed by atoms with Gasteiger partial charge in [0.05, 0.1) is 24.8 Å². The van der Waals surface area contributed by atoms with Gasteiger partial charge in [-0.05, 0) is 24.6 Å². The number of rotatable bonds is 3. The van der Waals surface area contributed by atoms with E-state index in [4.69, 9.17) is 4.74 Å². The van der Waals surface area contributed by atoms with Crippen molar-refractivity contribution in [3.8, 4) is 0 Å². The number of carbonyl (C=O) groups excluding carboxylic acids is 1. The van der Waals surface area contributed by atoms with Crippen LogP contribution in [0.15, 0.2) is 41.2 Å². The lowest BCUT2D eigenvalue weighted by molar-refractivity contribution is -0.841. The van der Waals surface area contributed by atoms with Crippen molar-refractivity contribution in [3.05, 3.63) is 52.6 Å². The lowest BCUT2D eigenvalue weighted by Gasteiger charge is -2.37. The highest BCUT2D eigenvalue weighted by molar-refractivity contribution is 6.11. The maximum absolute atomic E-state index is 13.3. The third-order valence-electron chi connectivity index (χ3n) is 4.76. The van der Waals surface area contributed by atoms with Crippen molar-refractivity contribution in [2.75, 3.05) is 26.8 Å². The third kappa shape index (κ3) is 2.14. The van der Waals surface area contributed by atoms with Gasteiger partial charge in [-0.3, -0.25) is 9.28 Å². The zero-order valence-electron chi connectivity index (χ0n) is 13.3. The van der Waals surface area contributed by atoms with Crippen molar-refractivity contribution < 1.29 is 18.4 Å². The van der Waals surface area contributed by atoms with E-state index in [1.807, 2.05) is 0 Å². The molecule has 3 rings (SSSR count). The van der Waals surface area contributed by atoms with Gasteiger partial charge in [-0.15, -0.1) is 0 Å². The minimum absolute atomic E-state index is 0.0487. The van der Waals surface area contributed by atoms with E-state index in [1.54, 1.807) is 19.1 Å². The fourth-order valence-corrected chi connectivity index (χ4v) is 3.68. The van der Waals surface area contributed by atoms with E-state index in [1.165, 1.54) is 17.8 Å². The molecule has 2 heterocycles. The highest BCUT2D eigenvalue weighted by atomic mass is 19.1. The Hall–Kier alpha value is -1.78. The van der Waals surface area contributed by atoms with E-state index in [9.17, 15) is 9.18 Å². The van der Waals surface area contributed by atoms with Crippen molar-refractivity contribution in [1.29, 1.82) is 0 Å². The second-order valence-electron chi connectivity index (χ2n) is 6.03. The molecule has 3 nitrogen and oxygen atoms in total. The van der Waals surface area contributed by atoms with Gasteiger partial charge in [0.25, 0.3) is 0 Å². The summed E-state index contributed by atoms with van der Waals surface area (Å²) < 4.78 is 19.5. The number of ketones is 1. The van der Waals surface area contributed by atoms with Crippen molar-refractivity contribution in [2.45, 2.75) is 20.3 Å². The lowest BCUT2D eigenvalue weighted by atomic mass is 9.94. The van der Waals surface area contributed by atoms with Crippen LogP contribution in [-0.4, -0.2) is 37.1 Å². The Kier molecular flexibility index (Phi) is 3.75. The highest BCUT2D eigenvalue weighted by Crippen LogP contribution is 2.46. The molecule has 0 aliphatic carbocycles. The molecule has 1 atom stereocenters. The fraction of sp³-hybridized carbons (Fsp3) is 0.389. The topological polar surface area (TPSA) is 26.3 Å². The number of benzene rings is 1. The van der Waals surface area contributed by atoms with Gasteiger partial charge in [0.15, 0.2) is 11.5 Å². The van der Waals surface area contributed by atoms with E-state index >= 15 is 0 Å². The van der Waals surface area contributed by atoms with Crippen LogP contribution in [0.1, 0.15) is 25.8 Å². The SMILES string of the molecule is CCC1=C(c2ccc(F)cc2)C(C(C)=O)=C2COCC[N+]21C. The Morgan fingerprint density at radius 3 is 2.59 bits per heavy atom. The zero-order chi connectivity index (χ0) is 15.9. The molecular formula is C18H21FNO2+. The average molecular weight is 302 g/mol. The monoisotopic (exact) mass is 302 g/mol. The fourth-order valence-electron chi connectivity index (χ4n) is 3.68. The summed E-state index contributed by atoms with van der Waals surface area (Å²) >= 11 is 0. The van der Waals surface area contributed by atoms with Crippen LogP contribution in [0.5, 0.6) is 0 Å². The van der Waals surface area contributed by atoms with E-state index in [-0.39, 0.29) is 11.6 Å². The van der Waals surface area contributed by atoms with Crippen LogP contribution in [0.25, 0.3) is 5.57 Å². The molecule has 0 amide bonds. The number of hydrogen-bond acceptors (Lipinski definition) is 2. The molecule has 1 fully saturated rings. The molecule has 0 saturated carbocycles. The van der Waals surface area contributed by atoms with Crippen LogP contribution in [0.3, 0.4) is 0 Å². The number of allylic oxidation sites excluding steroid dienone is 3. The largest absolute Gasteiger partial charge is 0.365 e. The Balaban J connectivity index is 2.26. The van der Waals surface area contributed by atoms with Gasteiger partial charge in [-0.1, -0.05) is 19.1 Å². The Morgan fingerprint density at radius 2 is 2.00 bits per heavy atom. The summed E-state index contributed by atoms with van der Waals surface area (Å²) in [4.78, 5) is 12.3. The normalized spacial score (nSPS) is 24.7. The molecule has 0 radical (unpaired) electrons. The molecule has 0 N–H and O–H groups in total. The zero-order valence-corrected chi connectivity index (χ0v) is 13.3.